The second-order valence-corrected chi connectivity index (χ2v) is 11.9. The van der Waals surface area contributed by atoms with E-state index in [2.05, 4.69) is 29.5 Å². The van der Waals surface area contributed by atoms with Crippen LogP contribution in [0.2, 0.25) is 0 Å². The van der Waals surface area contributed by atoms with Gasteiger partial charge in [-0.1, -0.05) is 37.3 Å². The summed E-state index contributed by atoms with van der Waals surface area (Å²) in [5.74, 6) is 2.96. The third-order valence-electron chi connectivity index (χ3n) is 9.91. The van der Waals surface area contributed by atoms with E-state index in [1.807, 2.05) is 26.6 Å². The van der Waals surface area contributed by atoms with Crippen molar-refractivity contribution >= 4 is 11.8 Å². The molecule has 0 saturated heterocycles. The SMILES string of the molecule is CO[C@@H]1C=C2CC[C@@H]3[C@H](CC[C@@]4(C)[C@H]3CC[C@]4(O)CSc3nccn3C)[C@@]2(C)CC1. The Kier molecular flexibility index (Phi) is 5.19. The molecule has 0 aliphatic heterocycles. The van der Waals surface area contributed by atoms with Crippen molar-refractivity contribution in [3.05, 3.63) is 24.0 Å². The monoisotopic (exact) mass is 430 g/mol. The Balaban J connectivity index is 1.37. The van der Waals surface area contributed by atoms with Gasteiger partial charge in [0.15, 0.2) is 5.16 Å². The quantitative estimate of drug-likeness (QED) is 0.525. The molecule has 1 heterocycles. The van der Waals surface area contributed by atoms with Crippen molar-refractivity contribution in [1.29, 1.82) is 0 Å². The van der Waals surface area contributed by atoms with E-state index in [1.54, 1.807) is 17.3 Å². The summed E-state index contributed by atoms with van der Waals surface area (Å²) in [6, 6.07) is 0. The molecule has 5 heteroatoms. The van der Waals surface area contributed by atoms with Gasteiger partial charge in [-0.25, -0.2) is 4.98 Å². The molecule has 4 aliphatic rings. The number of ether oxygens (including phenoxy) is 1. The van der Waals surface area contributed by atoms with Crippen molar-refractivity contribution in [2.45, 2.75) is 82.1 Å². The number of aryl methyl sites for hydroxylation is 1. The van der Waals surface area contributed by atoms with Crippen LogP contribution in [0.1, 0.15) is 65.2 Å². The van der Waals surface area contributed by atoms with Crippen molar-refractivity contribution in [3.8, 4) is 0 Å². The van der Waals surface area contributed by atoms with Crippen molar-refractivity contribution in [3.63, 3.8) is 0 Å². The lowest BCUT2D eigenvalue weighted by Gasteiger charge is -2.59. The third-order valence-corrected chi connectivity index (χ3v) is 11.2. The summed E-state index contributed by atoms with van der Waals surface area (Å²) in [5.41, 5.74) is 1.48. The van der Waals surface area contributed by atoms with Gasteiger partial charge in [0.25, 0.3) is 0 Å². The lowest BCUT2D eigenvalue weighted by atomic mass is 9.46. The van der Waals surface area contributed by atoms with Crippen molar-refractivity contribution in [2.24, 2.45) is 35.6 Å². The zero-order valence-corrected chi connectivity index (χ0v) is 19.9. The maximum Gasteiger partial charge on any atom is 0.167 e. The number of hydrogen-bond acceptors (Lipinski definition) is 4. The Hall–Kier alpha value is -0.780. The number of hydrogen-bond donors (Lipinski definition) is 1. The first-order valence-corrected chi connectivity index (χ1v) is 12.9. The molecule has 4 aliphatic carbocycles. The Morgan fingerprint density at radius 3 is 2.70 bits per heavy atom. The number of aromatic nitrogens is 2. The highest BCUT2D eigenvalue weighted by Gasteiger charge is 2.63. The molecule has 0 spiro atoms. The Morgan fingerprint density at radius 2 is 1.97 bits per heavy atom. The molecule has 3 saturated carbocycles. The Morgan fingerprint density at radius 1 is 1.17 bits per heavy atom. The lowest BCUT2D eigenvalue weighted by Crippen LogP contribution is -2.55. The minimum atomic E-state index is -0.579. The zero-order chi connectivity index (χ0) is 21.1. The van der Waals surface area contributed by atoms with E-state index in [0.717, 1.165) is 42.0 Å². The summed E-state index contributed by atoms with van der Waals surface area (Å²) in [5, 5.41) is 12.9. The van der Waals surface area contributed by atoms with Crippen LogP contribution in [-0.2, 0) is 11.8 Å². The zero-order valence-electron chi connectivity index (χ0n) is 19.1. The van der Waals surface area contributed by atoms with E-state index >= 15 is 0 Å². The molecular formula is C25H38N2O2S. The number of nitrogens with zero attached hydrogens (tertiary/aromatic N) is 2. The summed E-state index contributed by atoms with van der Waals surface area (Å²) in [4.78, 5) is 4.47. The summed E-state index contributed by atoms with van der Waals surface area (Å²) in [6.45, 7) is 4.96. The Labute approximate surface area is 185 Å². The van der Waals surface area contributed by atoms with E-state index < -0.39 is 5.60 Å². The van der Waals surface area contributed by atoms with Gasteiger partial charge in [-0.2, -0.15) is 0 Å². The first-order valence-electron chi connectivity index (χ1n) is 11.9. The molecule has 0 aromatic carbocycles. The van der Waals surface area contributed by atoms with Crippen LogP contribution < -0.4 is 0 Å². The van der Waals surface area contributed by atoms with E-state index in [9.17, 15) is 5.11 Å². The van der Waals surface area contributed by atoms with Crippen LogP contribution in [0.4, 0.5) is 0 Å². The maximum atomic E-state index is 11.9. The first-order chi connectivity index (χ1) is 14.3. The molecule has 30 heavy (non-hydrogen) atoms. The molecule has 1 N–H and O–H groups in total. The van der Waals surface area contributed by atoms with E-state index in [4.69, 9.17) is 4.74 Å². The van der Waals surface area contributed by atoms with Crippen LogP contribution in [0.3, 0.4) is 0 Å². The fourth-order valence-electron chi connectivity index (χ4n) is 7.90. The number of imidazole rings is 1. The van der Waals surface area contributed by atoms with Crippen LogP contribution in [0.25, 0.3) is 0 Å². The maximum absolute atomic E-state index is 11.9. The van der Waals surface area contributed by atoms with Gasteiger partial charge in [0.05, 0.1) is 11.7 Å². The average molecular weight is 431 g/mol. The highest BCUT2D eigenvalue weighted by atomic mass is 32.2. The van der Waals surface area contributed by atoms with Crippen LogP contribution >= 0.6 is 11.8 Å². The molecule has 7 atom stereocenters. The summed E-state index contributed by atoms with van der Waals surface area (Å²) < 4.78 is 7.74. The van der Waals surface area contributed by atoms with Gasteiger partial charge in [-0.15, -0.1) is 0 Å². The Bertz CT molecular complexity index is 837. The van der Waals surface area contributed by atoms with Gasteiger partial charge in [-0.05, 0) is 74.5 Å². The van der Waals surface area contributed by atoms with Crippen LogP contribution in [0.15, 0.2) is 29.2 Å². The number of fused-ring (bicyclic) bond motifs is 5. The number of thioether (sulfide) groups is 1. The fourth-order valence-corrected chi connectivity index (χ4v) is 9.15. The molecule has 5 rings (SSSR count). The molecule has 0 bridgehead atoms. The van der Waals surface area contributed by atoms with Gasteiger partial charge in [0.1, 0.15) is 0 Å². The molecule has 0 radical (unpaired) electrons. The number of rotatable bonds is 4. The molecule has 0 unspecified atom stereocenters. The summed E-state index contributed by atoms with van der Waals surface area (Å²) in [7, 11) is 3.89. The van der Waals surface area contributed by atoms with Gasteiger partial charge in [0, 0.05) is 37.7 Å². The number of methoxy groups -OCH3 is 1. The summed E-state index contributed by atoms with van der Waals surface area (Å²) >= 11 is 1.73. The topological polar surface area (TPSA) is 47.3 Å². The number of allylic oxidation sites excluding steroid dienone is 1. The number of aliphatic hydroxyl groups is 1. The largest absolute Gasteiger partial charge is 0.388 e. The minimum absolute atomic E-state index is 0.0354. The van der Waals surface area contributed by atoms with E-state index in [-0.39, 0.29) is 5.41 Å². The predicted octanol–water partition coefficient (Wildman–Crippen LogP) is 5.22. The molecule has 1 aromatic heterocycles. The normalized spacial score (nSPS) is 45.4. The van der Waals surface area contributed by atoms with Gasteiger partial charge < -0.3 is 14.4 Å². The highest BCUT2D eigenvalue weighted by molar-refractivity contribution is 7.99. The average Bonchev–Trinajstić information content (AvgIpc) is 3.26. The van der Waals surface area contributed by atoms with Gasteiger partial charge in [-0.3, -0.25) is 0 Å². The van der Waals surface area contributed by atoms with E-state index in [1.165, 1.54) is 32.1 Å². The third kappa shape index (κ3) is 2.98. The molecule has 4 nitrogen and oxygen atoms in total. The smallest absolute Gasteiger partial charge is 0.167 e. The first kappa shape index (κ1) is 21.1. The standard InChI is InChI=1S/C25H38N2O2S/c1-23-10-7-18(29-4)15-17(23)5-6-19-20(23)8-11-24(2)21(19)9-12-25(24,28)16-30-22-26-13-14-27(22)3/h13-15,18-21,28H,5-12,16H2,1-4H3/t18-,19+,20-,21-,23-,24-,25-/m0/s1. The fraction of sp³-hybridized carbons (Fsp3) is 0.800. The molecule has 0 amide bonds. The predicted molar refractivity (Wildman–Crippen MR) is 121 cm³/mol. The van der Waals surface area contributed by atoms with Gasteiger partial charge in [0.2, 0.25) is 0 Å². The van der Waals surface area contributed by atoms with Crippen LogP contribution in [0, 0.1) is 28.6 Å². The molecule has 3 fully saturated rings. The second-order valence-electron chi connectivity index (χ2n) is 11.0. The lowest BCUT2D eigenvalue weighted by molar-refractivity contribution is -0.116. The molecule has 166 valence electrons. The van der Waals surface area contributed by atoms with Crippen molar-refractivity contribution < 1.29 is 9.84 Å². The van der Waals surface area contributed by atoms with Crippen LogP contribution in [0.5, 0.6) is 0 Å². The van der Waals surface area contributed by atoms with Crippen LogP contribution in [-0.4, -0.2) is 39.2 Å². The van der Waals surface area contributed by atoms with E-state index in [0.29, 0.717) is 17.4 Å². The highest BCUT2D eigenvalue weighted by Crippen LogP contribution is 2.68. The van der Waals surface area contributed by atoms with Gasteiger partial charge >= 0.3 is 0 Å². The molecular weight excluding hydrogens is 392 g/mol. The minimum Gasteiger partial charge on any atom is -0.388 e. The van der Waals surface area contributed by atoms with Crippen molar-refractivity contribution in [2.75, 3.05) is 12.9 Å². The second kappa shape index (κ2) is 7.38. The van der Waals surface area contributed by atoms with Crippen molar-refractivity contribution in [1.82, 2.24) is 9.55 Å². The summed E-state index contributed by atoms with van der Waals surface area (Å²) in [6.07, 6.45) is 16.1. The molecule has 1 aromatic rings.